The van der Waals surface area contributed by atoms with Gasteiger partial charge in [0.05, 0.1) is 6.54 Å². The van der Waals surface area contributed by atoms with Crippen LogP contribution in [0.1, 0.15) is 24.2 Å². The molecule has 0 aromatic heterocycles. The van der Waals surface area contributed by atoms with Crippen LogP contribution in [-0.4, -0.2) is 58.4 Å². The number of ether oxygens (including phenoxy) is 1. The van der Waals surface area contributed by atoms with Crippen molar-refractivity contribution < 1.29 is 19.1 Å². The molecule has 2 unspecified atom stereocenters. The van der Waals surface area contributed by atoms with Crippen LogP contribution in [0.3, 0.4) is 0 Å². The first-order valence-corrected chi connectivity index (χ1v) is 12.3. The summed E-state index contributed by atoms with van der Waals surface area (Å²) in [6, 6.07) is 17.9. The van der Waals surface area contributed by atoms with E-state index in [1.54, 1.807) is 11.8 Å². The molecule has 0 radical (unpaired) electrons. The number of esters is 1. The molecule has 3 heterocycles. The van der Waals surface area contributed by atoms with E-state index in [4.69, 9.17) is 10.5 Å². The van der Waals surface area contributed by atoms with Gasteiger partial charge in [0.2, 0.25) is 5.91 Å². The number of benzene rings is 2. The van der Waals surface area contributed by atoms with Gasteiger partial charge in [0.1, 0.15) is 23.2 Å². The third-order valence-corrected chi connectivity index (χ3v) is 7.58. The summed E-state index contributed by atoms with van der Waals surface area (Å²) in [4.78, 5) is 43.7. The van der Waals surface area contributed by atoms with E-state index in [0.717, 1.165) is 16.7 Å². The molecule has 1 fully saturated rings. The fourth-order valence-electron chi connectivity index (χ4n) is 4.34. The normalized spacial score (nSPS) is 23.3. The number of thioether (sulfide) groups is 1. The Morgan fingerprint density at radius 3 is 2.34 bits per heavy atom. The Morgan fingerprint density at radius 1 is 1.14 bits per heavy atom. The first-order chi connectivity index (χ1) is 16.9. The minimum atomic E-state index is -0.605. The Kier molecular flexibility index (Phi) is 6.21. The van der Waals surface area contributed by atoms with Gasteiger partial charge in [0.15, 0.2) is 12.1 Å². The smallest absolute Gasteiger partial charge is 0.356 e. The van der Waals surface area contributed by atoms with Crippen molar-refractivity contribution in [2.24, 2.45) is 10.7 Å². The van der Waals surface area contributed by atoms with Crippen molar-refractivity contribution in [3.8, 4) is 0 Å². The number of primary amides is 1. The number of nitrogens with two attached hydrogens (primary N) is 1. The number of hydrogen-bond donors (Lipinski definition) is 3. The fraction of sp³-hybridized carbons (Fsp3) is 0.280. The summed E-state index contributed by atoms with van der Waals surface area (Å²) in [5.41, 5.74) is 8.08. The number of nitrogens with one attached hydrogen (secondary N) is 2. The second-order valence-corrected chi connectivity index (χ2v) is 9.66. The molecule has 0 saturated carbocycles. The van der Waals surface area contributed by atoms with Crippen molar-refractivity contribution in [3.63, 3.8) is 0 Å². The molecule has 1 saturated heterocycles. The number of aliphatic imine (C=N–C) groups is 1. The average molecular weight is 492 g/mol. The number of carbonyl (C=O) groups excluding carboxylic acids is 3. The summed E-state index contributed by atoms with van der Waals surface area (Å²) in [5.74, 6) is -0.355. The summed E-state index contributed by atoms with van der Waals surface area (Å²) in [5, 5.41) is 5.66. The van der Waals surface area contributed by atoms with E-state index in [-0.39, 0.29) is 23.5 Å². The van der Waals surface area contributed by atoms with Crippen molar-refractivity contribution >= 4 is 35.5 Å². The number of hydrogen-bond acceptors (Lipinski definition) is 8. The van der Waals surface area contributed by atoms with Crippen LogP contribution in [0.4, 0.5) is 0 Å². The monoisotopic (exact) mass is 491 g/mol. The predicted molar refractivity (Wildman–Crippen MR) is 132 cm³/mol. The number of guanidine groups is 1. The van der Waals surface area contributed by atoms with Crippen LogP contribution in [0.15, 0.2) is 76.9 Å². The largest absolute Gasteiger partial charge is 0.448 e. The maximum absolute atomic E-state index is 13.5. The molecule has 0 spiro atoms. The predicted octanol–water partition coefficient (Wildman–Crippen LogP) is 1.28. The molecule has 10 heteroatoms. The molecular weight excluding hydrogens is 466 g/mol. The number of rotatable bonds is 6. The van der Waals surface area contributed by atoms with Gasteiger partial charge in [-0.2, -0.15) is 0 Å². The summed E-state index contributed by atoms with van der Waals surface area (Å²) >= 11 is 1.56. The number of β-lactam (4-membered cyclic amide) rings is 1. The molecule has 5 rings (SSSR count). The maximum atomic E-state index is 13.5. The van der Waals surface area contributed by atoms with E-state index in [9.17, 15) is 14.4 Å². The second-order valence-electron chi connectivity index (χ2n) is 8.56. The maximum Gasteiger partial charge on any atom is 0.356 e. The summed E-state index contributed by atoms with van der Waals surface area (Å²) in [6.45, 7) is 2.06. The molecule has 0 bridgehead atoms. The van der Waals surface area contributed by atoms with E-state index in [1.807, 2.05) is 67.6 Å². The summed E-state index contributed by atoms with van der Waals surface area (Å²) in [6.07, 6.45) is -0.605. The number of amides is 2. The minimum Gasteiger partial charge on any atom is -0.448 e. The number of fused-ring (bicyclic) bond motifs is 1. The molecule has 35 heavy (non-hydrogen) atoms. The van der Waals surface area contributed by atoms with Crippen molar-refractivity contribution in [1.82, 2.24) is 15.5 Å². The van der Waals surface area contributed by atoms with Crippen molar-refractivity contribution in [2.75, 3.05) is 12.3 Å². The quantitative estimate of drug-likeness (QED) is 0.410. The van der Waals surface area contributed by atoms with E-state index in [0.29, 0.717) is 11.7 Å². The van der Waals surface area contributed by atoms with E-state index in [1.165, 1.54) is 4.90 Å². The molecule has 4 N–H and O–H groups in total. The Hall–Kier alpha value is -3.79. The zero-order valence-corrected chi connectivity index (χ0v) is 19.8. The number of nitrogens with zero attached hydrogens (tertiary/aromatic N) is 2. The second kappa shape index (κ2) is 9.46. The van der Waals surface area contributed by atoms with Gasteiger partial charge < -0.3 is 21.1 Å². The Morgan fingerprint density at radius 2 is 1.77 bits per heavy atom. The molecule has 180 valence electrons. The van der Waals surface area contributed by atoms with Gasteiger partial charge in [-0.1, -0.05) is 60.7 Å². The molecule has 3 aliphatic heterocycles. The average Bonchev–Trinajstić information content (AvgIpc) is 3.36. The molecule has 9 nitrogen and oxygen atoms in total. The first kappa shape index (κ1) is 23.0. The Labute approximate surface area is 206 Å². The van der Waals surface area contributed by atoms with Crippen molar-refractivity contribution in [3.05, 3.63) is 83.1 Å². The lowest BCUT2D eigenvalue weighted by molar-refractivity contribution is -0.153. The van der Waals surface area contributed by atoms with Crippen molar-refractivity contribution in [2.45, 2.75) is 30.5 Å². The van der Waals surface area contributed by atoms with Gasteiger partial charge in [-0.3, -0.25) is 19.5 Å². The van der Waals surface area contributed by atoms with Crippen LogP contribution in [0.25, 0.3) is 0 Å². The SMILES string of the molecule is CC1=C(C(=O)OC(c2ccccc2)c2ccccc2)N2C(=O)[C@@H](NC3=NCC(C(N)=O)N3)C2SC1. The highest BCUT2D eigenvalue weighted by Crippen LogP contribution is 2.41. The van der Waals surface area contributed by atoms with Crippen LogP contribution in [0, 0.1) is 0 Å². The van der Waals surface area contributed by atoms with Crippen LogP contribution >= 0.6 is 11.8 Å². The van der Waals surface area contributed by atoms with Crippen LogP contribution < -0.4 is 16.4 Å². The molecule has 2 aromatic carbocycles. The zero-order valence-electron chi connectivity index (χ0n) is 19.0. The van der Waals surface area contributed by atoms with Crippen LogP contribution in [0.2, 0.25) is 0 Å². The molecule has 0 aliphatic carbocycles. The van der Waals surface area contributed by atoms with Crippen LogP contribution in [0.5, 0.6) is 0 Å². The topological polar surface area (TPSA) is 126 Å². The molecule has 3 atom stereocenters. The molecule has 2 aromatic rings. The lowest BCUT2D eigenvalue weighted by atomic mass is 10.0. The van der Waals surface area contributed by atoms with E-state index < -0.39 is 30.1 Å². The highest BCUT2D eigenvalue weighted by molar-refractivity contribution is 8.00. The fourth-order valence-corrected chi connectivity index (χ4v) is 5.64. The number of carbonyl (C=O) groups is 3. The molecular formula is C25H25N5O4S. The van der Waals surface area contributed by atoms with E-state index in [2.05, 4.69) is 15.6 Å². The Bertz CT molecular complexity index is 1180. The van der Waals surface area contributed by atoms with E-state index >= 15 is 0 Å². The van der Waals surface area contributed by atoms with Gasteiger partial charge in [-0.05, 0) is 23.6 Å². The zero-order chi connectivity index (χ0) is 24.5. The first-order valence-electron chi connectivity index (χ1n) is 11.3. The minimum absolute atomic E-state index is 0.219. The standard InChI is InChI=1S/C25H25N5O4S/c1-14-13-35-23-18(29-25-27-12-17(28-25)21(26)31)22(32)30(23)19(14)24(33)34-20(15-8-4-2-5-9-15)16-10-6-3-7-11-16/h2-11,17-18,20,23H,12-13H2,1H3,(H2,26,31)(H2,27,28,29)/t17?,18-,23?/m1/s1. The lowest BCUT2D eigenvalue weighted by Crippen LogP contribution is -2.71. The van der Waals surface area contributed by atoms with Gasteiger partial charge in [0.25, 0.3) is 5.91 Å². The summed E-state index contributed by atoms with van der Waals surface area (Å²) < 4.78 is 6.03. The highest BCUT2D eigenvalue weighted by Gasteiger charge is 2.54. The third-order valence-electron chi connectivity index (χ3n) is 6.16. The van der Waals surface area contributed by atoms with Gasteiger partial charge in [-0.15, -0.1) is 11.8 Å². The highest BCUT2D eigenvalue weighted by atomic mass is 32.2. The lowest BCUT2D eigenvalue weighted by Gasteiger charge is -2.49. The van der Waals surface area contributed by atoms with Gasteiger partial charge in [-0.25, -0.2) is 4.79 Å². The van der Waals surface area contributed by atoms with Gasteiger partial charge in [0, 0.05) is 5.75 Å². The third kappa shape index (κ3) is 4.37. The Balaban J connectivity index is 1.33. The van der Waals surface area contributed by atoms with Crippen LogP contribution in [-0.2, 0) is 19.1 Å². The molecule has 3 aliphatic rings. The van der Waals surface area contributed by atoms with Gasteiger partial charge >= 0.3 is 5.97 Å². The summed E-state index contributed by atoms with van der Waals surface area (Å²) in [7, 11) is 0. The molecule has 2 amide bonds. The van der Waals surface area contributed by atoms with Crippen molar-refractivity contribution in [1.29, 1.82) is 0 Å².